The number of alkyl halides is 3. The van der Waals surface area contributed by atoms with Crippen LogP contribution in [-0.4, -0.2) is 37.2 Å². The Morgan fingerprint density at radius 2 is 1.60 bits per heavy atom. The van der Waals surface area contributed by atoms with Crippen LogP contribution >= 0.6 is 0 Å². The lowest BCUT2D eigenvalue weighted by Crippen LogP contribution is -2.64. The van der Waals surface area contributed by atoms with Crippen molar-refractivity contribution in [2.45, 2.75) is 43.6 Å². The van der Waals surface area contributed by atoms with Crippen molar-refractivity contribution >= 4 is 0 Å². The molecule has 6 rings (SSSR count). The van der Waals surface area contributed by atoms with Crippen molar-refractivity contribution in [1.29, 1.82) is 0 Å². The van der Waals surface area contributed by atoms with Crippen LogP contribution in [0.3, 0.4) is 0 Å². The zero-order chi connectivity index (χ0) is 24.4. The van der Waals surface area contributed by atoms with E-state index < -0.39 is 11.7 Å². The number of para-hydroxylation sites is 1. The quantitative estimate of drug-likeness (QED) is 0.442. The molecule has 3 aliphatic heterocycles. The van der Waals surface area contributed by atoms with Gasteiger partial charge in [-0.1, -0.05) is 66.7 Å². The maximum atomic E-state index is 13.6. The number of methoxy groups -OCH3 is 1. The number of nitrogens with zero attached hydrogens (tertiary/aromatic N) is 1. The Hall–Kier alpha value is -2.83. The van der Waals surface area contributed by atoms with Crippen LogP contribution in [0.25, 0.3) is 0 Å². The molecule has 2 bridgehead atoms. The monoisotopic (exact) mass is 480 g/mol. The molecule has 6 heteroatoms. The molecular formula is C29H31F3N2O. The van der Waals surface area contributed by atoms with Crippen molar-refractivity contribution in [3.05, 3.63) is 101 Å². The van der Waals surface area contributed by atoms with E-state index in [1.807, 2.05) is 54.6 Å². The number of benzene rings is 3. The van der Waals surface area contributed by atoms with E-state index in [0.29, 0.717) is 18.0 Å². The van der Waals surface area contributed by atoms with E-state index in [9.17, 15) is 13.2 Å². The van der Waals surface area contributed by atoms with Gasteiger partial charge in [-0.05, 0) is 55.1 Å². The Bertz CT molecular complexity index is 1130. The van der Waals surface area contributed by atoms with Crippen molar-refractivity contribution in [2.24, 2.45) is 5.92 Å². The Morgan fingerprint density at radius 3 is 2.31 bits per heavy atom. The molecule has 1 unspecified atom stereocenters. The van der Waals surface area contributed by atoms with Gasteiger partial charge in [0.1, 0.15) is 5.75 Å². The maximum absolute atomic E-state index is 13.6. The highest BCUT2D eigenvalue weighted by Gasteiger charge is 2.46. The molecule has 3 atom stereocenters. The first-order chi connectivity index (χ1) is 17.0. The number of nitrogens with one attached hydrogen (secondary N) is 1. The largest absolute Gasteiger partial charge is 0.496 e. The lowest BCUT2D eigenvalue weighted by atomic mass is 9.70. The van der Waals surface area contributed by atoms with Crippen LogP contribution in [0.4, 0.5) is 13.2 Å². The van der Waals surface area contributed by atoms with Crippen molar-refractivity contribution in [3.8, 4) is 5.75 Å². The zero-order valence-corrected chi connectivity index (χ0v) is 19.8. The number of fused-ring (bicyclic) bond motifs is 3. The van der Waals surface area contributed by atoms with E-state index in [1.54, 1.807) is 13.2 Å². The van der Waals surface area contributed by atoms with Crippen molar-refractivity contribution < 1.29 is 17.9 Å². The molecule has 35 heavy (non-hydrogen) atoms. The van der Waals surface area contributed by atoms with Crippen molar-refractivity contribution in [1.82, 2.24) is 10.2 Å². The van der Waals surface area contributed by atoms with E-state index in [4.69, 9.17) is 4.74 Å². The highest BCUT2D eigenvalue weighted by Crippen LogP contribution is 2.43. The fraction of sp³-hybridized carbons (Fsp3) is 0.379. The first kappa shape index (κ1) is 23.9. The number of halogens is 3. The van der Waals surface area contributed by atoms with E-state index in [0.717, 1.165) is 48.9 Å². The average Bonchev–Trinajstić information content (AvgIpc) is 2.89. The topological polar surface area (TPSA) is 24.5 Å². The summed E-state index contributed by atoms with van der Waals surface area (Å²) in [6.07, 6.45) is -2.17. The second kappa shape index (κ2) is 10.0. The molecule has 3 aliphatic rings. The summed E-state index contributed by atoms with van der Waals surface area (Å²) in [5, 5.41) is 3.82. The Labute approximate surface area is 204 Å². The molecule has 0 radical (unpaired) electrons. The third-order valence-corrected chi connectivity index (χ3v) is 7.67. The highest BCUT2D eigenvalue weighted by molar-refractivity contribution is 5.39. The molecule has 0 aromatic heterocycles. The van der Waals surface area contributed by atoms with Gasteiger partial charge in [0.25, 0.3) is 0 Å². The van der Waals surface area contributed by atoms with Crippen LogP contribution in [0.1, 0.15) is 41.0 Å². The van der Waals surface area contributed by atoms with Gasteiger partial charge in [0, 0.05) is 30.1 Å². The number of rotatable bonds is 7. The third kappa shape index (κ3) is 4.95. The lowest BCUT2D eigenvalue weighted by molar-refractivity contribution is -0.137. The van der Waals surface area contributed by atoms with Gasteiger partial charge >= 0.3 is 6.18 Å². The van der Waals surface area contributed by atoms with Gasteiger partial charge < -0.3 is 10.1 Å². The molecule has 3 fully saturated rings. The predicted molar refractivity (Wildman–Crippen MR) is 131 cm³/mol. The second-order valence-electron chi connectivity index (χ2n) is 9.59. The summed E-state index contributed by atoms with van der Waals surface area (Å²) in [5.74, 6) is 1.16. The predicted octanol–water partition coefficient (Wildman–Crippen LogP) is 6.10. The summed E-state index contributed by atoms with van der Waals surface area (Å²) in [4.78, 5) is 2.48. The summed E-state index contributed by atoms with van der Waals surface area (Å²) in [6, 6.07) is 24.1. The van der Waals surface area contributed by atoms with Crippen LogP contribution in [0, 0.1) is 5.92 Å². The van der Waals surface area contributed by atoms with Gasteiger partial charge in [-0.25, -0.2) is 0 Å². The fourth-order valence-corrected chi connectivity index (χ4v) is 6.02. The second-order valence-corrected chi connectivity index (χ2v) is 9.59. The molecule has 3 aromatic rings. The van der Waals surface area contributed by atoms with Crippen LogP contribution in [0.15, 0.2) is 78.9 Å². The summed E-state index contributed by atoms with van der Waals surface area (Å²) in [6.45, 7) is 2.61. The first-order valence-corrected chi connectivity index (χ1v) is 12.3. The number of hydrogen-bond donors (Lipinski definition) is 1. The molecule has 0 amide bonds. The summed E-state index contributed by atoms with van der Waals surface area (Å²) in [5.41, 5.74) is 2.26. The average molecular weight is 481 g/mol. The van der Waals surface area contributed by atoms with Gasteiger partial charge in [-0.3, -0.25) is 4.90 Å². The minimum atomic E-state index is -4.37. The summed E-state index contributed by atoms with van der Waals surface area (Å²) >= 11 is 0. The van der Waals surface area contributed by atoms with Crippen molar-refractivity contribution in [2.75, 3.05) is 20.2 Å². The SMILES string of the molecule is COc1ccccc1CN[C@@H]1C2CCN(CC2)[C@H]1C(c1ccccc1)c1cccc(C(F)(F)F)c1. The van der Waals surface area contributed by atoms with E-state index in [-0.39, 0.29) is 18.0 Å². The normalized spacial score (nSPS) is 24.8. The van der Waals surface area contributed by atoms with Crippen LogP contribution in [-0.2, 0) is 12.7 Å². The van der Waals surface area contributed by atoms with Gasteiger partial charge in [-0.15, -0.1) is 0 Å². The number of piperidine rings is 3. The van der Waals surface area contributed by atoms with Crippen molar-refractivity contribution in [3.63, 3.8) is 0 Å². The summed E-state index contributed by atoms with van der Waals surface area (Å²) < 4.78 is 46.5. The Kier molecular flexibility index (Phi) is 6.85. The standard InChI is InChI=1S/C29H31F3N2O/c1-35-25-13-6-5-10-23(25)19-33-27-21-14-16-34(17-15-21)28(27)26(20-8-3-2-4-9-20)22-11-7-12-24(18-22)29(30,31)32/h2-13,18,21,26-28,33H,14-17,19H2,1H3/t26?,27-,28+/m1/s1. The molecule has 184 valence electrons. The minimum Gasteiger partial charge on any atom is -0.496 e. The van der Waals surface area contributed by atoms with Gasteiger partial charge in [0.15, 0.2) is 0 Å². The molecule has 0 saturated carbocycles. The molecule has 1 N–H and O–H groups in total. The van der Waals surface area contributed by atoms with E-state index in [2.05, 4.69) is 16.3 Å². The molecule has 3 aromatic carbocycles. The lowest BCUT2D eigenvalue weighted by Gasteiger charge is -2.54. The molecule has 3 heterocycles. The Balaban J connectivity index is 1.53. The van der Waals surface area contributed by atoms with Gasteiger partial charge in [-0.2, -0.15) is 13.2 Å². The molecule has 0 spiro atoms. The van der Waals surface area contributed by atoms with Crippen LogP contribution in [0.5, 0.6) is 5.75 Å². The molecule has 3 nitrogen and oxygen atoms in total. The van der Waals surface area contributed by atoms with E-state index >= 15 is 0 Å². The fourth-order valence-electron chi connectivity index (χ4n) is 6.02. The Morgan fingerprint density at radius 1 is 0.914 bits per heavy atom. The van der Waals surface area contributed by atoms with Crippen LogP contribution < -0.4 is 10.1 Å². The minimum absolute atomic E-state index is 0.0584. The number of ether oxygens (including phenoxy) is 1. The highest BCUT2D eigenvalue weighted by atomic mass is 19.4. The van der Waals surface area contributed by atoms with Gasteiger partial charge in [0.2, 0.25) is 0 Å². The molecular weight excluding hydrogens is 449 g/mol. The van der Waals surface area contributed by atoms with Crippen LogP contribution in [0.2, 0.25) is 0 Å². The maximum Gasteiger partial charge on any atom is 0.416 e. The molecule has 3 saturated heterocycles. The third-order valence-electron chi connectivity index (χ3n) is 7.67. The zero-order valence-electron chi connectivity index (χ0n) is 19.8. The number of hydrogen-bond acceptors (Lipinski definition) is 3. The first-order valence-electron chi connectivity index (χ1n) is 12.3. The molecule has 0 aliphatic carbocycles. The van der Waals surface area contributed by atoms with E-state index in [1.165, 1.54) is 6.07 Å². The van der Waals surface area contributed by atoms with Gasteiger partial charge in [0.05, 0.1) is 12.7 Å². The summed E-state index contributed by atoms with van der Waals surface area (Å²) in [7, 11) is 1.68. The smallest absolute Gasteiger partial charge is 0.416 e.